The van der Waals surface area contributed by atoms with Crippen LogP contribution in [-0.2, 0) is 6.42 Å². The Morgan fingerprint density at radius 1 is 1.07 bits per heavy atom. The summed E-state index contributed by atoms with van der Waals surface area (Å²) in [5, 5.41) is 0.518. The molecule has 1 saturated heterocycles. The highest BCUT2D eigenvalue weighted by molar-refractivity contribution is 5.93. The third-order valence-corrected chi connectivity index (χ3v) is 5.62. The Bertz CT molecular complexity index is 1080. The van der Waals surface area contributed by atoms with Crippen molar-refractivity contribution in [3.63, 3.8) is 0 Å². The van der Waals surface area contributed by atoms with E-state index in [2.05, 4.69) is 9.88 Å². The molecule has 0 N–H and O–H groups in total. The van der Waals surface area contributed by atoms with Crippen molar-refractivity contribution >= 4 is 16.9 Å². The second kappa shape index (κ2) is 8.17. The lowest BCUT2D eigenvalue weighted by molar-refractivity contribution is 0.0608. The number of aryl methyl sites for hydroxylation is 2. The van der Waals surface area contributed by atoms with Gasteiger partial charge >= 0.3 is 0 Å². The molecule has 0 atom stereocenters. The summed E-state index contributed by atoms with van der Waals surface area (Å²) >= 11 is 0. The number of rotatable bonds is 4. The van der Waals surface area contributed by atoms with Gasteiger partial charge in [0.05, 0.1) is 5.39 Å². The number of amides is 1. The zero-order chi connectivity index (χ0) is 20.4. The van der Waals surface area contributed by atoms with Crippen LogP contribution < -0.4 is 5.43 Å². The molecule has 1 aliphatic rings. The molecule has 0 spiro atoms. The summed E-state index contributed by atoms with van der Waals surface area (Å²) in [4.78, 5) is 33.8. The van der Waals surface area contributed by atoms with Gasteiger partial charge in [-0.2, -0.15) is 0 Å². The quantitative estimate of drug-likeness (QED) is 0.684. The molecule has 1 amide bonds. The lowest BCUT2D eigenvalue weighted by Gasteiger charge is -2.34. The highest BCUT2D eigenvalue weighted by Gasteiger charge is 2.24. The Morgan fingerprint density at radius 3 is 2.55 bits per heavy atom. The first-order chi connectivity index (χ1) is 14.0. The van der Waals surface area contributed by atoms with Crippen LogP contribution in [-0.4, -0.2) is 53.4 Å². The van der Waals surface area contributed by atoms with Crippen molar-refractivity contribution in [2.45, 2.75) is 20.3 Å². The number of pyridine rings is 1. The topological polar surface area (TPSA) is 66.7 Å². The Hall–Kier alpha value is -2.99. The number of fused-ring (bicyclic) bond motifs is 1. The van der Waals surface area contributed by atoms with Crippen molar-refractivity contribution in [1.82, 2.24) is 14.8 Å². The molecule has 4 rings (SSSR count). The standard InChI is InChI=1S/C23H25N3O3/c1-16-13-19-20(27)15-22(29-21(19)14-17(16)2)23(28)26-11-9-25(10-12-26)8-6-18-5-3-4-7-24-18/h3-5,7,13-15H,6,8-12H2,1-2H3. The molecule has 1 fully saturated rings. The van der Waals surface area contributed by atoms with Crippen molar-refractivity contribution in [2.75, 3.05) is 32.7 Å². The van der Waals surface area contributed by atoms with Crippen molar-refractivity contribution in [2.24, 2.45) is 0 Å². The van der Waals surface area contributed by atoms with Crippen molar-refractivity contribution in [1.29, 1.82) is 0 Å². The van der Waals surface area contributed by atoms with Crippen LogP contribution in [0.1, 0.15) is 27.4 Å². The molecule has 6 heteroatoms. The summed E-state index contributed by atoms with van der Waals surface area (Å²) in [6.45, 7) is 7.69. The first-order valence-electron chi connectivity index (χ1n) is 9.98. The Balaban J connectivity index is 1.42. The minimum Gasteiger partial charge on any atom is -0.451 e. The van der Waals surface area contributed by atoms with Gasteiger partial charge < -0.3 is 9.32 Å². The van der Waals surface area contributed by atoms with E-state index in [1.165, 1.54) is 6.07 Å². The van der Waals surface area contributed by atoms with E-state index in [0.717, 1.165) is 42.9 Å². The van der Waals surface area contributed by atoms with Crippen LogP contribution in [0, 0.1) is 13.8 Å². The van der Waals surface area contributed by atoms with E-state index in [0.29, 0.717) is 24.1 Å². The smallest absolute Gasteiger partial charge is 0.289 e. The molecule has 3 aromatic rings. The van der Waals surface area contributed by atoms with Crippen LogP contribution in [0.5, 0.6) is 0 Å². The molecule has 150 valence electrons. The molecule has 0 aliphatic carbocycles. The number of nitrogens with zero attached hydrogens (tertiary/aromatic N) is 3. The second-order valence-corrected chi connectivity index (χ2v) is 7.61. The number of hydrogen-bond donors (Lipinski definition) is 0. The zero-order valence-corrected chi connectivity index (χ0v) is 16.9. The molecule has 29 heavy (non-hydrogen) atoms. The van der Waals surface area contributed by atoms with E-state index in [1.54, 1.807) is 4.90 Å². The van der Waals surface area contributed by atoms with E-state index in [4.69, 9.17) is 4.42 Å². The number of aromatic nitrogens is 1. The summed E-state index contributed by atoms with van der Waals surface area (Å²) in [5.41, 5.74) is 3.44. The van der Waals surface area contributed by atoms with E-state index < -0.39 is 0 Å². The summed E-state index contributed by atoms with van der Waals surface area (Å²) in [7, 11) is 0. The van der Waals surface area contributed by atoms with Gasteiger partial charge in [-0.3, -0.25) is 19.5 Å². The van der Waals surface area contributed by atoms with Gasteiger partial charge in [0.25, 0.3) is 5.91 Å². The maximum Gasteiger partial charge on any atom is 0.289 e. The molecular weight excluding hydrogens is 366 g/mol. The Labute approximate surface area is 169 Å². The van der Waals surface area contributed by atoms with Gasteiger partial charge in [-0.05, 0) is 49.2 Å². The number of piperazine rings is 1. The lowest BCUT2D eigenvalue weighted by Crippen LogP contribution is -2.49. The highest BCUT2D eigenvalue weighted by atomic mass is 16.3. The van der Waals surface area contributed by atoms with E-state index in [9.17, 15) is 9.59 Å². The van der Waals surface area contributed by atoms with Crippen LogP contribution in [0.25, 0.3) is 11.0 Å². The van der Waals surface area contributed by atoms with Gasteiger partial charge in [0, 0.05) is 57.1 Å². The van der Waals surface area contributed by atoms with Crippen molar-refractivity contribution in [3.8, 4) is 0 Å². The molecular formula is C23H25N3O3. The first kappa shape index (κ1) is 19.3. The van der Waals surface area contributed by atoms with Crippen LogP contribution in [0.2, 0.25) is 0 Å². The minimum atomic E-state index is -0.216. The molecule has 3 heterocycles. The van der Waals surface area contributed by atoms with Gasteiger partial charge in [-0.15, -0.1) is 0 Å². The molecule has 0 radical (unpaired) electrons. The van der Waals surface area contributed by atoms with E-state index >= 15 is 0 Å². The maximum absolute atomic E-state index is 12.9. The predicted octanol–water partition coefficient (Wildman–Crippen LogP) is 2.81. The third-order valence-electron chi connectivity index (χ3n) is 5.62. The fourth-order valence-electron chi connectivity index (χ4n) is 3.67. The third kappa shape index (κ3) is 4.22. The zero-order valence-electron chi connectivity index (χ0n) is 16.9. The Kier molecular flexibility index (Phi) is 5.45. The fraction of sp³-hybridized carbons (Fsp3) is 0.348. The SMILES string of the molecule is Cc1cc2oc(C(=O)N3CCN(CCc4ccccn4)CC3)cc(=O)c2cc1C. The Morgan fingerprint density at radius 2 is 1.83 bits per heavy atom. The fourth-order valence-corrected chi connectivity index (χ4v) is 3.67. The molecule has 2 aromatic heterocycles. The molecule has 0 bridgehead atoms. The van der Waals surface area contributed by atoms with Crippen molar-refractivity contribution < 1.29 is 9.21 Å². The predicted molar refractivity (Wildman–Crippen MR) is 112 cm³/mol. The number of carbonyl (C=O) groups excluding carboxylic acids is 1. The highest BCUT2D eigenvalue weighted by Crippen LogP contribution is 2.19. The minimum absolute atomic E-state index is 0.118. The van der Waals surface area contributed by atoms with Gasteiger partial charge in [-0.1, -0.05) is 6.07 Å². The van der Waals surface area contributed by atoms with E-state index in [1.807, 2.05) is 50.4 Å². The summed E-state index contributed by atoms with van der Waals surface area (Å²) in [6.07, 6.45) is 2.71. The first-order valence-corrected chi connectivity index (χ1v) is 9.98. The molecule has 6 nitrogen and oxygen atoms in total. The van der Waals surface area contributed by atoms with Gasteiger partial charge in [0.15, 0.2) is 11.2 Å². The normalized spacial score (nSPS) is 15.0. The number of benzene rings is 1. The maximum atomic E-state index is 12.9. The second-order valence-electron chi connectivity index (χ2n) is 7.61. The number of carbonyl (C=O) groups is 1. The van der Waals surface area contributed by atoms with Gasteiger partial charge in [-0.25, -0.2) is 0 Å². The van der Waals surface area contributed by atoms with Gasteiger partial charge in [0.2, 0.25) is 0 Å². The monoisotopic (exact) mass is 391 g/mol. The van der Waals surface area contributed by atoms with Crippen LogP contribution in [0.15, 0.2) is 51.8 Å². The molecule has 1 aromatic carbocycles. The van der Waals surface area contributed by atoms with Crippen molar-refractivity contribution in [3.05, 3.63) is 75.4 Å². The molecule has 0 unspecified atom stereocenters. The largest absolute Gasteiger partial charge is 0.451 e. The molecule has 1 aliphatic heterocycles. The number of hydrogen-bond acceptors (Lipinski definition) is 5. The summed E-state index contributed by atoms with van der Waals surface area (Å²) in [6, 6.07) is 10.9. The summed E-state index contributed by atoms with van der Waals surface area (Å²) in [5.74, 6) is -0.0979. The van der Waals surface area contributed by atoms with Crippen LogP contribution >= 0.6 is 0 Å². The molecule has 0 saturated carbocycles. The van der Waals surface area contributed by atoms with E-state index in [-0.39, 0.29) is 17.1 Å². The van der Waals surface area contributed by atoms with Crippen LogP contribution in [0.4, 0.5) is 0 Å². The average Bonchev–Trinajstić information content (AvgIpc) is 2.74. The lowest BCUT2D eigenvalue weighted by atomic mass is 10.1. The van der Waals surface area contributed by atoms with Gasteiger partial charge in [0.1, 0.15) is 5.58 Å². The van der Waals surface area contributed by atoms with Crippen LogP contribution in [0.3, 0.4) is 0 Å². The summed E-state index contributed by atoms with van der Waals surface area (Å²) < 4.78 is 5.81. The average molecular weight is 391 g/mol.